The van der Waals surface area contributed by atoms with Crippen LogP contribution in [-0.4, -0.2) is 76.4 Å². The number of sulfonamides is 1. The highest BCUT2D eigenvalue weighted by atomic mass is 32.2. The van der Waals surface area contributed by atoms with Crippen LogP contribution < -0.4 is 10.2 Å². The number of aryl methyl sites for hydroxylation is 1. The van der Waals surface area contributed by atoms with Crippen molar-refractivity contribution in [1.82, 2.24) is 24.5 Å². The number of piperidine rings is 2. The van der Waals surface area contributed by atoms with Crippen LogP contribution in [0.4, 0.5) is 22.0 Å². The number of hydrogen-bond donors (Lipinski definition) is 2. The van der Waals surface area contributed by atoms with E-state index in [2.05, 4.69) is 25.5 Å². The Morgan fingerprint density at radius 3 is 2.54 bits per heavy atom. The first-order chi connectivity index (χ1) is 16.6. The van der Waals surface area contributed by atoms with Crippen LogP contribution in [0.15, 0.2) is 6.07 Å². The number of fused-ring (bicyclic) bond motifs is 2. The Morgan fingerprint density at radius 1 is 1.29 bits per heavy atom. The van der Waals surface area contributed by atoms with Gasteiger partial charge in [0.25, 0.3) is 0 Å². The maximum Gasteiger partial charge on any atom is 0.360 e. The van der Waals surface area contributed by atoms with E-state index in [1.165, 1.54) is 0 Å². The molecular weight excluding hydrogens is 477 g/mol. The monoisotopic (exact) mass is 509 g/mol. The number of aromatic nitrogens is 4. The number of nitrogens with zero attached hydrogens (tertiary/aromatic N) is 5. The molecule has 0 amide bonds. The zero-order valence-corrected chi connectivity index (χ0v) is 21.2. The largest absolute Gasteiger partial charge is 0.461 e. The van der Waals surface area contributed by atoms with E-state index >= 15 is 4.39 Å². The van der Waals surface area contributed by atoms with Gasteiger partial charge in [-0.15, -0.1) is 0 Å². The van der Waals surface area contributed by atoms with Crippen LogP contribution in [0.5, 0.6) is 0 Å². The number of esters is 1. The van der Waals surface area contributed by atoms with E-state index in [0.717, 1.165) is 25.0 Å². The van der Waals surface area contributed by atoms with Gasteiger partial charge in [-0.1, -0.05) is 6.42 Å². The summed E-state index contributed by atoms with van der Waals surface area (Å²) >= 11 is 0. The molecule has 13 heteroatoms. The summed E-state index contributed by atoms with van der Waals surface area (Å²) in [5.41, 5.74) is 0.301. The van der Waals surface area contributed by atoms with E-state index in [1.54, 1.807) is 38.2 Å². The Kier molecular flexibility index (Phi) is 7.27. The molecule has 3 atom stereocenters. The number of carbonyl (C=O) groups excluding carboxylic acids is 1. The summed E-state index contributed by atoms with van der Waals surface area (Å²) in [6, 6.07) is 1.40. The Hall–Kier alpha value is -2.80. The predicted octanol–water partition coefficient (Wildman–Crippen LogP) is 2.74. The zero-order chi connectivity index (χ0) is 25.3. The first-order valence-electron chi connectivity index (χ1n) is 11.9. The van der Waals surface area contributed by atoms with Gasteiger partial charge < -0.3 is 15.0 Å². The second-order valence-electron chi connectivity index (χ2n) is 9.02. The number of halogens is 1. The topological polar surface area (TPSA) is 133 Å². The molecule has 4 heterocycles. The van der Waals surface area contributed by atoms with Crippen LogP contribution in [0.3, 0.4) is 0 Å². The Bertz CT molecular complexity index is 1170. The van der Waals surface area contributed by atoms with E-state index in [4.69, 9.17) is 4.74 Å². The molecule has 2 aromatic heterocycles. The SMILES string of the molecule is CCOC(=O)c1nc(N(C)[C@@H]2C[C@H]3CCC[C@@H](C2)N3S(=O)(=O)CC)nc(Nc2cc(C)[nH]n2)c1F. The molecule has 0 unspecified atom stereocenters. The van der Waals surface area contributed by atoms with E-state index in [1.807, 2.05) is 4.90 Å². The molecule has 0 spiro atoms. The molecule has 0 aliphatic carbocycles. The highest BCUT2D eigenvalue weighted by molar-refractivity contribution is 7.89. The molecule has 0 radical (unpaired) electrons. The van der Waals surface area contributed by atoms with Gasteiger partial charge in [0.2, 0.25) is 16.0 Å². The second-order valence-corrected chi connectivity index (χ2v) is 11.2. The van der Waals surface area contributed by atoms with Gasteiger partial charge in [0, 0.05) is 36.9 Å². The van der Waals surface area contributed by atoms with Gasteiger partial charge in [-0.3, -0.25) is 5.10 Å². The average molecular weight is 510 g/mol. The minimum Gasteiger partial charge on any atom is -0.461 e. The number of H-pyrrole nitrogens is 1. The van der Waals surface area contributed by atoms with Crippen molar-refractivity contribution in [3.8, 4) is 0 Å². The molecule has 0 saturated carbocycles. The van der Waals surface area contributed by atoms with Crippen molar-refractivity contribution in [1.29, 1.82) is 0 Å². The third-order valence-corrected chi connectivity index (χ3v) is 8.66. The Labute approximate surface area is 204 Å². The van der Waals surface area contributed by atoms with E-state index in [9.17, 15) is 13.2 Å². The Balaban J connectivity index is 1.66. The first-order valence-corrected chi connectivity index (χ1v) is 13.5. The Morgan fingerprint density at radius 2 is 1.97 bits per heavy atom. The van der Waals surface area contributed by atoms with Crippen LogP contribution in [0.2, 0.25) is 0 Å². The van der Waals surface area contributed by atoms with Crippen molar-refractivity contribution in [3.63, 3.8) is 0 Å². The molecule has 2 bridgehead atoms. The molecule has 2 aliphatic heterocycles. The lowest BCUT2D eigenvalue weighted by atomic mass is 9.83. The van der Waals surface area contributed by atoms with Crippen LogP contribution >= 0.6 is 0 Å². The molecule has 4 rings (SSSR count). The number of anilines is 3. The smallest absolute Gasteiger partial charge is 0.360 e. The van der Waals surface area contributed by atoms with Gasteiger partial charge in [-0.25, -0.2) is 22.6 Å². The number of hydrogen-bond acceptors (Lipinski definition) is 9. The van der Waals surface area contributed by atoms with Crippen LogP contribution in [0.25, 0.3) is 0 Å². The van der Waals surface area contributed by atoms with E-state index in [-0.39, 0.29) is 42.3 Å². The standard InChI is InChI=1S/C22H32FN7O4S/c1-5-34-21(31)19-18(23)20(24-17-10-13(3)27-28-17)26-22(25-19)29(4)16-11-14-8-7-9-15(12-16)30(14)35(32,33)6-2/h10,14-16H,5-9,11-12H2,1-4H3,(H2,24,25,26,27,28)/t14-,15+,16-. The van der Waals surface area contributed by atoms with Gasteiger partial charge in [0.15, 0.2) is 23.1 Å². The fourth-order valence-electron chi connectivity index (χ4n) is 5.01. The van der Waals surface area contributed by atoms with Gasteiger partial charge in [0.1, 0.15) is 0 Å². The lowest BCUT2D eigenvalue weighted by molar-refractivity contribution is 0.0513. The molecule has 35 heavy (non-hydrogen) atoms. The minimum atomic E-state index is -3.31. The summed E-state index contributed by atoms with van der Waals surface area (Å²) in [6.07, 6.45) is 3.78. The van der Waals surface area contributed by atoms with Crippen LogP contribution in [-0.2, 0) is 14.8 Å². The van der Waals surface area contributed by atoms with E-state index in [0.29, 0.717) is 18.7 Å². The fourth-order valence-corrected chi connectivity index (χ4v) is 6.60. The summed E-state index contributed by atoms with van der Waals surface area (Å²) in [6.45, 7) is 5.18. The van der Waals surface area contributed by atoms with Crippen molar-refractivity contribution in [2.24, 2.45) is 0 Å². The molecule has 2 aliphatic rings. The van der Waals surface area contributed by atoms with Crippen molar-refractivity contribution in [3.05, 3.63) is 23.3 Å². The predicted molar refractivity (Wildman–Crippen MR) is 129 cm³/mol. The maximum atomic E-state index is 15.2. The molecule has 11 nitrogen and oxygen atoms in total. The maximum absolute atomic E-state index is 15.2. The van der Waals surface area contributed by atoms with Gasteiger partial charge in [0.05, 0.1) is 12.4 Å². The third kappa shape index (κ3) is 5.10. The van der Waals surface area contributed by atoms with Crippen molar-refractivity contribution >= 4 is 33.6 Å². The lowest BCUT2D eigenvalue weighted by Crippen LogP contribution is -2.58. The molecule has 192 valence electrons. The van der Waals surface area contributed by atoms with Crippen LogP contribution in [0, 0.1) is 12.7 Å². The van der Waals surface area contributed by atoms with Gasteiger partial charge >= 0.3 is 5.97 Å². The van der Waals surface area contributed by atoms with E-state index < -0.39 is 27.5 Å². The van der Waals surface area contributed by atoms with Crippen molar-refractivity contribution < 1.29 is 22.3 Å². The lowest BCUT2D eigenvalue weighted by Gasteiger charge is -2.49. The quantitative estimate of drug-likeness (QED) is 0.515. The second kappa shape index (κ2) is 10.1. The highest BCUT2D eigenvalue weighted by Crippen LogP contribution is 2.38. The summed E-state index contributed by atoms with van der Waals surface area (Å²) in [4.78, 5) is 22.9. The molecule has 2 N–H and O–H groups in total. The summed E-state index contributed by atoms with van der Waals surface area (Å²) in [5, 5.41) is 9.63. The molecule has 2 fully saturated rings. The first kappa shape index (κ1) is 25.3. The normalized spacial score (nSPS) is 22.6. The minimum absolute atomic E-state index is 0.0719. The molecule has 2 aromatic rings. The number of carbonyl (C=O) groups is 1. The third-order valence-electron chi connectivity index (χ3n) is 6.69. The number of nitrogens with one attached hydrogen (secondary N) is 2. The number of ether oxygens (including phenoxy) is 1. The number of aromatic amines is 1. The summed E-state index contributed by atoms with van der Waals surface area (Å²) in [7, 11) is -1.52. The van der Waals surface area contributed by atoms with Crippen molar-refractivity contribution in [2.45, 2.75) is 71.0 Å². The van der Waals surface area contributed by atoms with Gasteiger partial charge in [-0.2, -0.15) is 14.4 Å². The van der Waals surface area contributed by atoms with Crippen LogP contribution in [0.1, 0.15) is 62.1 Å². The molecule has 2 saturated heterocycles. The van der Waals surface area contributed by atoms with Gasteiger partial charge in [-0.05, 0) is 46.5 Å². The average Bonchev–Trinajstić information content (AvgIpc) is 3.23. The zero-order valence-electron chi connectivity index (χ0n) is 20.4. The molecule has 0 aromatic carbocycles. The van der Waals surface area contributed by atoms with Crippen molar-refractivity contribution in [2.75, 3.05) is 29.6 Å². The summed E-state index contributed by atoms with van der Waals surface area (Å²) in [5.74, 6) is -1.43. The highest BCUT2D eigenvalue weighted by Gasteiger charge is 2.45. The summed E-state index contributed by atoms with van der Waals surface area (Å²) < 4.78 is 47.4. The molecular formula is C22H32FN7O4S. The number of rotatable bonds is 8. The fraction of sp³-hybridized carbons (Fsp3) is 0.636.